The van der Waals surface area contributed by atoms with Crippen LogP contribution < -0.4 is 10.6 Å². The first-order chi connectivity index (χ1) is 10.5. The van der Waals surface area contributed by atoms with Gasteiger partial charge in [0.1, 0.15) is 0 Å². The molecule has 0 atom stereocenters. The minimum absolute atomic E-state index is 0.365. The number of halogens is 1. The highest BCUT2D eigenvalue weighted by molar-refractivity contribution is 9.10. The van der Waals surface area contributed by atoms with Crippen molar-refractivity contribution < 1.29 is 14.3 Å². The van der Waals surface area contributed by atoms with E-state index < -0.39 is 5.97 Å². The predicted octanol–water partition coefficient (Wildman–Crippen LogP) is 4.19. The molecule has 2 aromatic rings. The van der Waals surface area contributed by atoms with Crippen molar-refractivity contribution in [3.05, 3.63) is 58.1 Å². The van der Waals surface area contributed by atoms with Crippen LogP contribution in [0.15, 0.2) is 46.9 Å². The SMILES string of the molecule is COC(=O)c1ccc(NC(=O)Nc2ccc(C)cc2Br)cc1. The number of ether oxygens (including phenoxy) is 1. The zero-order chi connectivity index (χ0) is 16.1. The maximum absolute atomic E-state index is 12.0. The molecule has 6 heteroatoms. The summed E-state index contributed by atoms with van der Waals surface area (Å²) in [4.78, 5) is 23.3. The van der Waals surface area contributed by atoms with Crippen LogP contribution in [0.5, 0.6) is 0 Å². The summed E-state index contributed by atoms with van der Waals surface area (Å²) in [5.41, 5.74) is 2.77. The fraction of sp³-hybridized carbons (Fsp3) is 0.125. The third-order valence-electron chi connectivity index (χ3n) is 2.94. The van der Waals surface area contributed by atoms with Gasteiger partial charge in [0.2, 0.25) is 0 Å². The van der Waals surface area contributed by atoms with Crippen molar-refractivity contribution in [2.75, 3.05) is 17.7 Å². The van der Waals surface area contributed by atoms with E-state index in [1.54, 1.807) is 24.3 Å². The number of aryl methyl sites for hydroxylation is 1. The average molecular weight is 363 g/mol. The Morgan fingerprint density at radius 2 is 1.73 bits per heavy atom. The van der Waals surface area contributed by atoms with Crippen LogP contribution in [-0.2, 0) is 4.74 Å². The van der Waals surface area contributed by atoms with Crippen LogP contribution in [0.25, 0.3) is 0 Å². The maximum atomic E-state index is 12.0. The van der Waals surface area contributed by atoms with Crippen molar-refractivity contribution in [2.45, 2.75) is 6.92 Å². The second-order valence-corrected chi connectivity index (χ2v) is 5.49. The summed E-state index contributed by atoms with van der Waals surface area (Å²) in [7, 11) is 1.32. The summed E-state index contributed by atoms with van der Waals surface area (Å²) in [5.74, 6) is -0.417. The quantitative estimate of drug-likeness (QED) is 0.804. The van der Waals surface area contributed by atoms with Crippen LogP contribution in [0, 0.1) is 6.92 Å². The Morgan fingerprint density at radius 3 is 2.32 bits per heavy atom. The van der Waals surface area contributed by atoms with Crippen LogP contribution in [0.4, 0.5) is 16.2 Å². The molecule has 0 aromatic heterocycles. The molecule has 0 saturated heterocycles. The number of hydrogen-bond acceptors (Lipinski definition) is 3. The molecule has 2 rings (SSSR count). The Balaban J connectivity index is 2.01. The lowest BCUT2D eigenvalue weighted by Crippen LogP contribution is -2.19. The number of urea groups is 1. The summed E-state index contributed by atoms with van der Waals surface area (Å²) < 4.78 is 5.42. The van der Waals surface area contributed by atoms with Crippen molar-refractivity contribution in [2.24, 2.45) is 0 Å². The van der Waals surface area contributed by atoms with E-state index in [1.165, 1.54) is 7.11 Å². The van der Waals surface area contributed by atoms with Gasteiger partial charge in [-0.15, -0.1) is 0 Å². The van der Waals surface area contributed by atoms with Gasteiger partial charge in [0, 0.05) is 10.2 Å². The molecule has 5 nitrogen and oxygen atoms in total. The van der Waals surface area contributed by atoms with Gasteiger partial charge in [-0.1, -0.05) is 6.07 Å². The molecule has 0 fully saturated rings. The monoisotopic (exact) mass is 362 g/mol. The lowest BCUT2D eigenvalue weighted by molar-refractivity contribution is 0.0601. The van der Waals surface area contributed by atoms with E-state index in [2.05, 4.69) is 31.3 Å². The first kappa shape index (κ1) is 16.0. The highest BCUT2D eigenvalue weighted by Crippen LogP contribution is 2.23. The number of methoxy groups -OCH3 is 1. The van der Waals surface area contributed by atoms with Gasteiger partial charge in [-0.3, -0.25) is 0 Å². The molecule has 0 radical (unpaired) electrons. The molecular weight excluding hydrogens is 348 g/mol. The normalized spacial score (nSPS) is 9.95. The number of carbonyl (C=O) groups is 2. The molecule has 2 aromatic carbocycles. The summed E-state index contributed by atoms with van der Waals surface area (Å²) >= 11 is 3.40. The molecule has 0 aliphatic carbocycles. The average Bonchev–Trinajstić information content (AvgIpc) is 2.50. The lowest BCUT2D eigenvalue weighted by atomic mass is 10.2. The van der Waals surface area contributed by atoms with Crippen molar-refractivity contribution >= 4 is 39.3 Å². The molecule has 0 aliphatic rings. The summed E-state index contributed by atoms with van der Waals surface area (Å²) in [5, 5.41) is 5.44. The number of anilines is 2. The minimum atomic E-state index is -0.417. The number of amides is 2. The molecule has 0 unspecified atom stereocenters. The number of carbonyl (C=O) groups excluding carboxylic acids is 2. The van der Waals surface area contributed by atoms with Gasteiger partial charge in [-0.2, -0.15) is 0 Å². The number of nitrogens with one attached hydrogen (secondary N) is 2. The molecule has 0 heterocycles. The highest BCUT2D eigenvalue weighted by Gasteiger charge is 2.08. The third kappa shape index (κ3) is 4.08. The van der Waals surface area contributed by atoms with Crippen LogP contribution >= 0.6 is 15.9 Å². The van der Waals surface area contributed by atoms with E-state index in [4.69, 9.17) is 0 Å². The van der Waals surface area contributed by atoms with Crippen molar-refractivity contribution in [3.63, 3.8) is 0 Å². The molecule has 0 saturated carbocycles. The summed E-state index contributed by atoms with van der Waals surface area (Å²) in [6.45, 7) is 1.97. The number of hydrogen-bond donors (Lipinski definition) is 2. The van der Waals surface area contributed by atoms with E-state index in [0.717, 1.165) is 10.0 Å². The zero-order valence-electron chi connectivity index (χ0n) is 12.1. The number of esters is 1. The van der Waals surface area contributed by atoms with Crippen molar-refractivity contribution in [1.82, 2.24) is 0 Å². The van der Waals surface area contributed by atoms with Gasteiger partial charge >= 0.3 is 12.0 Å². The molecule has 0 spiro atoms. The van der Waals surface area contributed by atoms with Crippen LogP contribution in [0.3, 0.4) is 0 Å². The summed E-state index contributed by atoms with van der Waals surface area (Å²) in [6, 6.07) is 11.7. The zero-order valence-corrected chi connectivity index (χ0v) is 13.7. The minimum Gasteiger partial charge on any atom is -0.465 e. The van der Waals surface area contributed by atoms with Crippen LogP contribution in [-0.4, -0.2) is 19.1 Å². The molecule has 2 N–H and O–H groups in total. The van der Waals surface area contributed by atoms with Crippen LogP contribution in [0.2, 0.25) is 0 Å². The fourth-order valence-electron chi connectivity index (χ4n) is 1.81. The van der Waals surface area contributed by atoms with E-state index in [9.17, 15) is 9.59 Å². The number of rotatable bonds is 3. The molecule has 0 bridgehead atoms. The Hall–Kier alpha value is -2.34. The Morgan fingerprint density at radius 1 is 1.05 bits per heavy atom. The van der Waals surface area contributed by atoms with Gasteiger partial charge in [0.15, 0.2) is 0 Å². The van der Waals surface area contributed by atoms with Crippen molar-refractivity contribution in [1.29, 1.82) is 0 Å². The first-order valence-corrected chi connectivity index (χ1v) is 7.31. The van der Waals surface area contributed by atoms with Gasteiger partial charge < -0.3 is 15.4 Å². The second-order valence-electron chi connectivity index (χ2n) is 4.63. The van der Waals surface area contributed by atoms with Gasteiger partial charge in [0.25, 0.3) is 0 Å². The Kier molecular flexibility index (Phi) is 5.16. The largest absolute Gasteiger partial charge is 0.465 e. The van der Waals surface area contributed by atoms with E-state index >= 15 is 0 Å². The first-order valence-electron chi connectivity index (χ1n) is 6.52. The van der Waals surface area contributed by atoms with Crippen molar-refractivity contribution in [3.8, 4) is 0 Å². The smallest absolute Gasteiger partial charge is 0.337 e. The maximum Gasteiger partial charge on any atom is 0.337 e. The number of benzene rings is 2. The van der Waals surface area contributed by atoms with E-state index in [0.29, 0.717) is 16.9 Å². The highest BCUT2D eigenvalue weighted by atomic mass is 79.9. The van der Waals surface area contributed by atoms with Crippen LogP contribution in [0.1, 0.15) is 15.9 Å². The second kappa shape index (κ2) is 7.09. The topological polar surface area (TPSA) is 67.4 Å². The van der Waals surface area contributed by atoms with Gasteiger partial charge in [-0.05, 0) is 64.8 Å². The predicted molar refractivity (Wildman–Crippen MR) is 89.3 cm³/mol. The molecular formula is C16H15BrN2O3. The third-order valence-corrected chi connectivity index (χ3v) is 3.59. The fourth-order valence-corrected chi connectivity index (χ4v) is 2.41. The van der Waals surface area contributed by atoms with Gasteiger partial charge in [0.05, 0.1) is 18.4 Å². The molecule has 2 amide bonds. The Labute approximate surface area is 136 Å². The van der Waals surface area contributed by atoms with E-state index in [-0.39, 0.29) is 6.03 Å². The molecule has 0 aliphatic heterocycles. The molecule has 114 valence electrons. The molecule has 22 heavy (non-hydrogen) atoms. The van der Waals surface area contributed by atoms with E-state index in [1.807, 2.05) is 25.1 Å². The van der Waals surface area contributed by atoms with Gasteiger partial charge in [-0.25, -0.2) is 9.59 Å². The lowest BCUT2D eigenvalue weighted by Gasteiger charge is -2.10. The summed E-state index contributed by atoms with van der Waals surface area (Å²) in [6.07, 6.45) is 0. The Bertz CT molecular complexity index is 699. The standard InChI is InChI=1S/C16H15BrN2O3/c1-10-3-8-14(13(17)9-10)19-16(21)18-12-6-4-11(5-7-12)15(20)22-2/h3-9H,1-2H3,(H2,18,19,21).